The number of H-pyrrole nitrogens is 1. The molecule has 0 aliphatic carbocycles. The molecule has 1 aromatic carbocycles. The monoisotopic (exact) mass is 412 g/mol. The highest BCUT2D eigenvalue weighted by Gasteiger charge is 2.21. The van der Waals surface area contributed by atoms with E-state index in [4.69, 9.17) is 0 Å². The summed E-state index contributed by atoms with van der Waals surface area (Å²) in [5.41, 5.74) is 2.39. The van der Waals surface area contributed by atoms with E-state index in [1.807, 2.05) is 36.3 Å². The molecule has 0 saturated carbocycles. The molecule has 2 aromatic rings. The summed E-state index contributed by atoms with van der Waals surface area (Å²) in [6.07, 6.45) is 6.96. The van der Waals surface area contributed by atoms with Crippen LogP contribution in [0.25, 0.3) is 6.08 Å². The Morgan fingerprint density at radius 1 is 1.21 bits per heavy atom. The Kier molecular flexibility index (Phi) is 7.66. The molecular formula is C22H28N4O2S. The predicted octanol–water partition coefficient (Wildman–Crippen LogP) is 2.59. The van der Waals surface area contributed by atoms with Crippen molar-refractivity contribution in [2.45, 2.75) is 24.9 Å². The van der Waals surface area contributed by atoms with Crippen LogP contribution in [0.15, 0.2) is 46.4 Å². The number of hydrogen-bond donors (Lipinski definition) is 1. The number of carbonyl (C=O) groups excluding carboxylic acids is 1. The molecule has 2 heterocycles. The van der Waals surface area contributed by atoms with E-state index in [-0.39, 0.29) is 11.5 Å². The minimum absolute atomic E-state index is 0.109. The van der Waals surface area contributed by atoms with Crippen LogP contribution in [0, 0.1) is 6.92 Å². The lowest BCUT2D eigenvalue weighted by atomic mass is 10.1. The van der Waals surface area contributed by atoms with Crippen molar-refractivity contribution in [2.75, 3.05) is 39.0 Å². The normalized spacial score (nSPS) is 15.2. The van der Waals surface area contributed by atoms with Crippen LogP contribution in [0.2, 0.25) is 0 Å². The van der Waals surface area contributed by atoms with Gasteiger partial charge in [0.05, 0.1) is 0 Å². The fourth-order valence-electron chi connectivity index (χ4n) is 3.45. The van der Waals surface area contributed by atoms with Crippen LogP contribution >= 0.6 is 11.8 Å². The fraction of sp³-hybridized carbons (Fsp3) is 0.409. The Bertz CT molecular complexity index is 903. The number of aryl methyl sites for hydroxylation is 1. The van der Waals surface area contributed by atoms with E-state index >= 15 is 0 Å². The van der Waals surface area contributed by atoms with Gasteiger partial charge in [-0.05, 0) is 25.2 Å². The first-order chi connectivity index (χ1) is 14.1. The first kappa shape index (κ1) is 21.3. The molecule has 1 aromatic heterocycles. The van der Waals surface area contributed by atoms with Gasteiger partial charge in [0, 0.05) is 50.4 Å². The number of hydrogen-bond acceptors (Lipinski definition) is 5. The lowest BCUT2D eigenvalue weighted by molar-refractivity contribution is -0.132. The van der Waals surface area contributed by atoms with Gasteiger partial charge in [0.25, 0.3) is 5.56 Å². The van der Waals surface area contributed by atoms with Gasteiger partial charge >= 0.3 is 0 Å². The molecule has 1 N–H and O–H groups in total. The smallest absolute Gasteiger partial charge is 0.254 e. The second kappa shape index (κ2) is 10.4. The molecule has 3 rings (SSSR count). The third kappa shape index (κ3) is 6.05. The summed E-state index contributed by atoms with van der Waals surface area (Å²) >= 11 is 1.41. The zero-order chi connectivity index (χ0) is 20.6. The van der Waals surface area contributed by atoms with Crippen molar-refractivity contribution in [3.05, 3.63) is 63.6 Å². The van der Waals surface area contributed by atoms with Gasteiger partial charge in [0.1, 0.15) is 0 Å². The van der Waals surface area contributed by atoms with Crippen LogP contribution in [0.4, 0.5) is 0 Å². The molecule has 1 aliphatic heterocycles. The molecule has 0 atom stereocenters. The van der Waals surface area contributed by atoms with Gasteiger partial charge in [-0.3, -0.25) is 14.5 Å². The number of nitrogens with zero attached hydrogens (tertiary/aromatic N) is 3. The molecule has 0 bridgehead atoms. The Morgan fingerprint density at radius 3 is 2.59 bits per heavy atom. The van der Waals surface area contributed by atoms with E-state index in [2.05, 4.69) is 39.2 Å². The molecule has 7 heteroatoms. The zero-order valence-corrected chi connectivity index (χ0v) is 17.9. The standard InChI is InChI=1S/C22H28N4O2S/c1-17-19(21(28)24-22(23-17)29-2)10-11-20(27)26-15-13-25(14-16-26)12-6-9-18-7-4-3-5-8-18/h3-9H,10-16H2,1-2H3,(H,23,24,28)/b9-6+. The van der Waals surface area contributed by atoms with E-state index < -0.39 is 0 Å². The molecule has 1 saturated heterocycles. The summed E-state index contributed by atoms with van der Waals surface area (Å²) in [6.45, 7) is 5.92. The maximum atomic E-state index is 12.6. The van der Waals surface area contributed by atoms with Crippen LogP contribution < -0.4 is 5.56 Å². The first-order valence-electron chi connectivity index (χ1n) is 9.92. The number of thioether (sulfide) groups is 1. The van der Waals surface area contributed by atoms with Crippen LogP contribution in [0.3, 0.4) is 0 Å². The number of nitrogens with one attached hydrogen (secondary N) is 1. The molecule has 0 radical (unpaired) electrons. The van der Waals surface area contributed by atoms with E-state index in [1.165, 1.54) is 17.3 Å². The van der Waals surface area contributed by atoms with Crippen molar-refractivity contribution in [3.8, 4) is 0 Å². The van der Waals surface area contributed by atoms with E-state index in [1.54, 1.807) is 0 Å². The van der Waals surface area contributed by atoms with Crippen LogP contribution in [0.1, 0.15) is 23.2 Å². The average Bonchev–Trinajstić information content (AvgIpc) is 2.74. The molecule has 1 fully saturated rings. The summed E-state index contributed by atoms with van der Waals surface area (Å²) in [4.78, 5) is 36.2. The molecule has 1 aliphatic rings. The molecular weight excluding hydrogens is 384 g/mol. The van der Waals surface area contributed by atoms with Crippen molar-refractivity contribution in [3.63, 3.8) is 0 Å². The summed E-state index contributed by atoms with van der Waals surface area (Å²) in [7, 11) is 0. The van der Waals surface area contributed by atoms with Crippen molar-refractivity contribution in [1.82, 2.24) is 19.8 Å². The number of piperazine rings is 1. The lowest BCUT2D eigenvalue weighted by Gasteiger charge is -2.34. The van der Waals surface area contributed by atoms with E-state index in [0.717, 1.165) is 32.7 Å². The van der Waals surface area contributed by atoms with Crippen molar-refractivity contribution < 1.29 is 4.79 Å². The maximum Gasteiger partial charge on any atom is 0.254 e. The molecule has 6 nitrogen and oxygen atoms in total. The van der Waals surface area contributed by atoms with Crippen LogP contribution in [-0.4, -0.2) is 64.7 Å². The largest absolute Gasteiger partial charge is 0.340 e. The Hall–Kier alpha value is -2.38. The van der Waals surface area contributed by atoms with Gasteiger partial charge < -0.3 is 9.88 Å². The third-order valence-corrected chi connectivity index (χ3v) is 5.76. The topological polar surface area (TPSA) is 69.3 Å². The SMILES string of the molecule is CSc1nc(C)c(CCC(=O)N2CCN(C/C=C/c3ccccc3)CC2)c(=O)[nH]1. The molecule has 1 amide bonds. The van der Waals surface area contributed by atoms with Crippen LogP contribution in [0.5, 0.6) is 0 Å². The fourth-order valence-corrected chi connectivity index (χ4v) is 3.87. The maximum absolute atomic E-state index is 12.6. The van der Waals surface area contributed by atoms with Crippen molar-refractivity contribution in [2.24, 2.45) is 0 Å². The Labute approximate surface area is 176 Å². The van der Waals surface area contributed by atoms with Gasteiger partial charge in [0.15, 0.2) is 5.16 Å². The lowest BCUT2D eigenvalue weighted by Crippen LogP contribution is -2.48. The first-order valence-corrected chi connectivity index (χ1v) is 11.1. The van der Waals surface area contributed by atoms with Gasteiger partial charge in [0.2, 0.25) is 5.91 Å². The second-order valence-electron chi connectivity index (χ2n) is 7.13. The summed E-state index contributed by atoms with van der Waals surface area (Å²) < 4.78 is 0. The molecule has 0 spiro atoms. The average molecular weight is 413 g/mol. The Balaban J connectivity index is 1.44. The number of rotatable bonds is 7. The summed E-state index contributed by atoms with van der Waals surface area (Å²) in [6, 6.07) is 10.3. The zero-order valence-electron chi connectivity index (χ0n) is 17.1. The second-order valence-corrected chi connectivity index (χ2v) is 7.93. The molecule has 0 unspecified atom stereocenters. The number of aromatic nitrogens is 2. The van der Waals surface area contributed by atoms with Gasteiger partial charge in [-0.2, -0.15) is 0 Å². The van der Waals surface area contributed by atoms with Gasteiger partial charge in [-0.1, -0.05) is 54.2 Å². The minimum Gasteiger partial charge on any atom is -0.340 e. The van der Waals surface area contributed by atoms with Gasteiger partial charge in [-0.15, -0.1) is 0 Å². The highest BCUT2D eigenvalue weighted by Crippen LogP contribution is 2.11. The van der Waals surface area contributed by atoms with Crippen molar-refractivity contribution >= 4 is 23.7 Å². The van der Waals surface area contributed by atoms with Gasteiger partial charge in [-0.25, -0.2) is 4.98 Å². The van der Waals surface area contributed by atoms with E-state index in [0.29, 0.717) is 29.3 Å². The predicted molar refractivity (Wildman–Crippen MR) is 118 cm³/mol. The third-order valence-electron chi connectivity index (χ3n) is 5.18. The number of aromatic amines is 1. The number of carbonyl (C=O) groups is 1. The summed E-state index contributed by atoms with van der Waals surface area (Å²) in [5, 5.41) is 0.611. The molecule has 29 heavy (non-hydrogen) atoms. The molecule has 154 valence electrons. The van der Waals surface area contributed by atoms with E-state index in [9.17, 15) is 9.59 Å². The number of amides is 1. The van der Waals surface area contributed by atoms with Crippen LogP contribution in [-0.2, 0) is 11.2 Å². The quantitative estimate of drug-likeness (QED) is 0.559. The highest BCUT2D eigenvalue weighted by atomic mass is 32.2. The van der Waals surface area contributed by atoms with Crippen molar-refractivity contribution in [1.29, 1.82) is 0 Å². The summed E-state index contributed by atoms with van der Waals surface area (Å²) in [5.74, 6) is 0.109. The minimum atomic E-state index is -0.135. The Morgan fingerprint density at radius 2 is 1.93 bits per heavy atom. The number of benzene rings is 1. The highest BCUT2D eigenvalue weighted by molar-refractivity contribution is 7.98.